The van der Waals surface area contributed by atoms with Crippen molar-refractivity contribution in [2.45, 2.75) is 25.9 Å². The van der Waals surface area contributed by atoms with E-state index in [4.69, 9.17) is 5.11 Å². The van der Waals surface area contributed by atoms with Gasteiger partial charge in [0, 0.05) is 28.4 Å². The predicted molar refractivity (Wildman–Crippen MR) is 73.3 cm³/mol. The summed E-state index contributed by atoms with van der Waals surface area (Å²) in [7, 11) is 0. The first-order chi connectivity index (χ1) is 8.49. The van der Waals surface area contributed by atoms with Gasteiger partial charge in [-0.3, -0.25) is 0 Å². The highest BCUT2D eigenvalue weighted by atomic mass is 32.1. The fourth-order valence-corrected chi connectivity index (χ4v) is 3.04. The Hall–Kier alpha value is -1.24. The molecule has 0 radical (unpaired) electrons. The van der Waals surface area contributed by atoms with Gasteiger partial charge in [0.25, 0.3) is 0 Å². The molecule has 0 bridgehead atoms. The summed E-state index contributed by atoms with van der Waals surface area (Å²) >= 11 is 3.07. The maximum atomic E-state index is 10.8. The van der Waals surface area contributed by atoms with E-state index < -0.39 is 5.97 Å². The van der Waals surface area contributed by atoms with Crippen molar-refractivity contribution in [1.82, 2.24) is 10.3 Å². The lowest BCUT2D eigenvalue weighted by Gasteiger charge is -2.23. The Balaban J connectivity index is 2.00. The van der Waals surface area contributed by atoms with Crippen molar-refractivity contribution >= 4 is 28.6 Å². The molecule has 96 valence electrons. The van der Waals surface area contributed by atoms with Crippen LogP contribution in [0, 0.1) is 0 Å². The zero-order chi connectivity index (χ0) is 13.2. The third kappa shape index (κ3) is 2.95. The zero-order valence-corrected chi connectivity index (χ0v) is 11.8. The van der Waals surface area contributed by atoms with Crippen molar-refractivity contribution in [3.05, 3.63) is 38.5 Å². The van der Waals surface area contributed by atoms with Gasteiger partial charge < -0.3 is 10.4 Å². The normalized spacial score (nSPS) is 11.7. The molecule has 0 unspecified atom stereocenters. The molecule has 18 heavy (non-hydrogen) atoms. The average Bonchev–Trinajstić information content (AvgIpc) is 2.98. The maximum absolute atomic E-state index is 10.8. The predicted octanol–water partition coefficient (Wildman–Crippen LogP) is 2.93. The van der Waals surface area contributed by atoms with Crippen molar-refractivity contribution in [3.8, 4) is 0 Å². The summed E-state index contributed by atoms with van der Waals surface area (Å²) in [5.41, 5.74) is 0.144. The van der Waals surface area contributed by atoms with Crippen molar-refractivity contribution in [1.29, 1.82) is 0 Å². The molecule has 2 aromatic heterocycles. The van der Waals surface area contributed by atoms with Gasteiger partial charge in [0.2, 0.25) is 0 Å². The molecule has 0 spiro atoms. The zero-order valence-electron chi connectivity index (χ0n) is 10.1. The number of aromatic carboxylic acids is 1. The number of carboxylic acid groups (broad SMARTS) is 1. The van der Waals surface area contributed by atoms with E-state index in [-0.39, 0.29) is 5.54 Å². The van der Waals surface area contributed by atoms with Crippen LogP contribution in [0.25, 0.3) is 0 Å². The second-order valence-electron chi connectivity index (χ2n) is 4.42. The molecule has 0 saturated heterocycles. The van der Waals surface area contributed by atoms with Crippen LogP contribution in [0.4, 0.5) is 0 Å². The van der Waals surface area contributed by atoms with Crippen LogP contribution in [0.1, 0.15) is 34.1 Å². The third-order valence-corrected chi connectivity index (χ3v) is 4.61. The molecule has 0 aliphatic carbocycles. The average molecular weight is 282 g/mol. The second kappa shape index (κ2) is 5.17. The Labute approximate surface area is 113 Å². The number of carboxylic acids is 1. The van der Waals surface area contributed by atoms with Gasteiger partial charge in [0.05, 0.1) is 11.1 Å². The molecule has 2 rings (SSSR count). The monoisotopic (exact) mass is 282 g/mol. The van der Waals surface area contributed by atoms with Crippen molar-refractivity contribution in [2.24, 2.45) is 0 Å². The molecule has 0 amide bonds. The molecular formula is C12H14N2O2S2. The van der Waals surface area contributed by atoms with Crippen molar-refractivity contribution in [3.63, 3.8) is 0 Å². The Morgan fingerprint density at radius 2 is 2.28 bits per heavy atom. The summed E-state index contributed by atoms with van der Waals surface area (Å²) in [5.74, 6) is -0.878. The van der Waals surface area contributed by atoms with Crippen LogP contribution < -0.4 is 5.32 Å². The van der Waals surface area contributed by atoms with E-state index in [1.807, 2.05) is 5.38 Å². The van der Waals surface area contributed by atoms with E-state index in [2.05, 4.69) is 24.1 Å². The lowest BCUT2D eigenvalue weighted by Crippen LogP contribution is -2.35. The van der Waals surface area contributed by atoms with Gasteiger partial charge in [0.1, 0.15) is 5.01 Å². The molecule has 0 aromatic carbocycles. The Morgan fingerprint density at radius 3 is 2.83 bits per heavy atom. The standard InChI is InChI=1S/C12H14N2O2S2/c1-12(2,11-13-3-4-17-11)14-6-9-5-8(7-18-9)10(15)16/h3-5,7,14H,6H2,1-2H3,(H,15,16). The van der Waals surface area contributed by atoms with Crippen LogP contribution in [-0.2, 0) is 12.1 Å². The molecule has 0 aliphatic rings. The Bertz CT molecular complexity index is 532. The van der Waals surface area contributed by atoms with Gasteiger partial charge in [-0.05, 0) is 19.9 Å². The third-order valence-electron chi connectivity index (χ3n) is 2.57. The summed E-state index contributed by atoms with van der Waals surface area (Å²) in [5, 5.41) is 16.9. The van der Waals surface area contributed by atoms with Crippen LogP contribution in [-0.4, -0.2) is 16.1 Å². The van der Waals surface area contributed by atoms with Gasteiger partial charge in [-0.15, -0.1) is 22.7 Å². The molecular weight excluding hydrogens is 268 g/mol. The second-order valence-corrected chi connectivity index (χ2v) is 6.31. The Morgan fingerprint density at radius 1 is 1.50 bits per heavy atom. The van der Waals surface area contributed by atoms with E-state index >= 15 is 0 Å². The number of thiophene rings is 1. The molecule has 0 fully saturated rings. The molecule has 0 saturated carbocycles. The van der Waals surface area contributed by atoms with E-state index in [1.54, 1.807) is 29.0 Å². The number of carbonyl (C=O) groups is 1. The molecule has 0 aliphatic heterocycles. The molecule has 0 atom stereocenters. The number of nitrogens with one attached hydrogen (secondary N) is 1. The van der Waals surface area contributed by atoms with Crippen LogP contribution in [0.3, 0.4) is 0 Å². The van der Waals surface area contributed by atoms with E-state index in [0.29, 0.717) is 12.1 Å². The highest BCUT2D eigenvalue weighted by Crippen LogP contribution is 2.23. The van der Waals surface area contributed by atoms with Crippen molar-refractivity contribution < 1.29 is 9.90 Å². The van der Waals surface area contributed by atoms with Gasteiger partial charge in [0.15, 0.2) is 0 Å². The van der Waals surface area contributed by atoms with Gasteiger partial charge in [-0.1, -0.05) is 0 Å². The number of rotatable bonds is 5. The van der Waals surface area contributed by atoms with Crippen LogP contribution in [0.2, 0.25) is 0 Å². The smallest absolute Gasteiger partial charge is 0.336 e. The summed E-state index contributed by atoms with van der Waals surface area (Å²) in [6, 6.07) is 1.71. The molecule has 4 nitrogen and oxygen atoms in total. The highest BCUT2D eigenvalue weighted by molar-refractivity contribution is 7.10. The SMILES string of the molecule is CC(C)(NCc1cc(C(=O)O)cs1)c1nccs1. The first-order valence-electron chi connectivity index (χ1n) is 5.45. The molecule has 6 heteroatoms. The molecule has 2 heterocycles. The minimum atomic E-state index is -0.878. The van der Waals surface area contributed by atoms with Gasteiger partial charge in [-0.2, -0.15) is 0 Å². The highest BCUT2D eigenvalue weighted by Gasteiger charge is 2.22. The fraction of sp³-hybridized carbons (Fsp3) is 0.333. The fourth-order valence-electron chi connectivity index (χ4n) is 1.50. The maximum Gasteiger partial charge on any atom is 0.336 e. The number of hydrogen-bond acceptors (Lipinski definition) is 5. The summed E-state index contributed by atoms with van der Waals surface area (Å²) in [6.07, 6.45) is 1.79. The topological polar surface area (TPSA) is 62.2 Å². The summed E-state index contributed by atoms with van der Waals surface area (Å²) < 4.78 is 0. The van der Waals surface area contributed by atoms with Crippen molar-refractivity contribution in [2.75, 3.05) is 0 Å². The lowest BCUT2D eigenvalue weighted by atomic mass is 10.1. The van der Waals surface area contributed by atoms with E-state index in [0.717, 1.165) is 9.88 Å². The van der Waals surface area contributed by atoms with E-state index in [9.17, 15) is 4.79 Å². The minimum Gasteiger partial charge on any atom is -0.478 e. The molecule has 2 aromatic rings. The van der Waals surface area contributed by atoms with Gasteiger partial charge >= 0.3 is 5.97 Å². The summed E-state index contributed by atoms with van der Waals surface area (Å²) in [4.78, 5) is 16.1. The quantitative estimate of drug-likeness (QED) is 0.885. The van der Waals surface area contributed by atoms with Crippen LogP contribution in [0.15, 0.2) is 23.0 Å². The summed E-state index contributed by atoms with van der Waals surface area (Å²) in [6.45, 7) is 4.78. The van der Waals surface area contributed by atoms with E-state index in [1.165, 1.54) is 11.3 Å². The first kappa shape index (κ1) is 13.2. The lowest BCUT2D eigenvalue weighted by molar-refractivity contribution is 0.0697. The number of hydrogen-bond donors (Lipinski definition) is 2. The largest absolute Gasteiger partial charge is 0.478 e. The number of nitrogens with zero attached hydrogens (tertiary/aromatic N) is 1. The van der Waals surface area contributed by atoms with Crippen LogP contribution in [0.5, 0.6) is 0 Å². The molecule has 2 N–H and O–H groups in total. The Kier molecular flexibility index (Phi) is 3.79. The van der Waals surface area contributed by atoms with Gasteiger partial charge in [-0.25, -0.2) is 9.78 Å². The minimum absolute atomic E-state index is 0.207. The first-order valence-corrected chi connectivity index (χ1v) is 7.20. The number of thiazole rings is 1. The van der Waals surface area contributed by atoms with Crippen LogP contribution >= 0.6 is 22.7 Å². The number of aromatic nitrogens is 1.